The van der Waals surface area contributed by atoms with Crippen LogP contribution in [0.1, 0.15) is 43.9 Å². The summed E-state index contributed by atoms with van der Waals surface area (Å²) in [5.41, 5.74) is 4.14. The van der Waals surface area contributed by atoms with Gasteiger partial charge >= 0.3 is 0 Å². The zero-order valence-corrected chi connectivity index (χ0v) is 16.1. The number of hydrogen-bond acceptors (Lipinski definition) is 2. The maximum atomic E-state index is 12.8. The van der Waals surface area contributed by atoms with Gasteiger partial charge in [0.25, 0.3) is 5.91 Å². The van der Waals surface area contributed by atoms with E-state index in [9.17, 15) is 4.79 Å². The van der Waals surface area contributed by atoms with Gasteiger partial charge in [-0.05, 0) is 61.1 Å². The number of nitrogens with one attached hydrogen (secondary N) is 1. The van der Waals surface area contributed by atoms with E-state index in [4.69, 9.17) is 16.3 Å². The fraction of sp³-hybridized carbons (Fsp3) is 0.381. The van der Waals surface area contributed by atoms with Gasteiger partial charge in [-0.25, -0.2) is 0 Å². The standard InChI is InChI=1S/C21H26ClNO2/c1-5-15-9-8-10-16(6-2)20(15)23-21(24)19(7-3)25-17-11-12-18(22)14(4)13-17/h8-13,19H,5-7H2,1-4H3,(H,23,24)/t19-/m1/s1. The van der Waals surface area contributed by atoms with Crippen LogP contribution >= 0.6 is 11.6 Å². The molecule has 0 fully saturated rings. The zero-order valence-electron chi connectivity index (χ0n) is 15.4. The normalized spacial score (nSPS) is 11.9. The van der Waals surface area contributed by atoms with E-state index in [1.54, 1.807) is 12.1 Å². The molecule has 0 unspecified atom stereocenters. The smallest absolute Gasteiger partial charge is 0.265 e. The molecule has 2 aromatic rings. The minimum atomic E-state index is -0.546. The third kappa shape index (κ3) is 4.76. The third-order valence-corrected chi connectivity index (χ3v) is 4.74. The van der Waals surface area contributed by atoms with Crippen LogP contribution < -0.4 is 10.1 Å². The van der Waals surface area contributed by atoms with Crippen molar-refractivity contribution in [2.75, 3.05) is 5.32 Å². The van der Waals surface area contributed by atoms with E-state index in [1.165, 1.54) is 0 Å². The van der Waals surface area contributed by atoms with Gasteiger partial charge in [0.15, 0.2) is 6.10 Å². The lowest BCUT2D eigenvalue weighted by atomic mass is 10.0. The molecular weight excluding hydrogens is 334 g/mol. The molecule has 0 saturated heterocycles. The number of carbonyl (C=O) groups is 1. The molecule has 1 atom stereocenters. The van der Waals surface area contributed by atoms with E-state index in [-0.39, 0.29) is 5.91 Å². The molecule has 0 heterocycles. The Labute approximate surface area is 155 Å². The maximum absolute atomic E-state index is 12.8. The maximum Gasteiger partial charge on any atom is 0.265 e. The SMILES string of the molecule is CCc1cccc(CC)c1NC(=O)[C@@H](CC)Oc1ccc(Cl)c(C)c1. The molecule has 134 valence electrons. The molecule has 4 heteroatoms. The summed E-state index contributed by atoms with van der Waals surface area (Å²) in [7, 11) is 0. The van der Waals surface area contributed by atoms with Crippen LogP contribution in [-0.2, 0) is 17.6 Å². The van der Waals surface area contributed by atoms with Gasteiger partial charge in [-0.15, -0.1) is 0 Å². The minimum absolute atomic E-state index is 0.120. The Morgan fingerprint density at radius 3 is 2.28 bits per heavy atom. The monoisotopic (exact) mass is 359 g/mol. The highest BCUT2D eigenvalue weighted by Crippen LogP contribution is 2.25. The molecule has 0 radical (unpaired) electrons. The predicted octanol–water partition coefficient (Wildman–Crippen LogP) is 5.57. The number of rotatable bonds is 7. The Bertz CT molecular complexity index is 720. The summed E-state index contributed by atoms with van der Waals surface area (Å²) >= 11 is 6.05. The van der Waals surface area contributed by atoms with Gasteiger partial charge in [0.05, 0.1) is 0 Å². The van der Waals surface area contributed by atoms with E-state index in [0.717, 1.165) is 35.2 Å². The van der Waals surface area contributed by atoms with Crippen molar-refractivity contribution in [2.24, 2.45) is 0 Å². The number of amides is 1. The minimum Gasteiger partial charge on any atom is -0.481 e. The van der Waals surface area contributed by atoms with Crippen molar-refractivity contribution >= 4 is 23.2 Å². The lowest BCUT2D eigenvalue weighted by Gasteiger charge is -2.20. The number of halogens is 1. The molecule has 0 aliphatic rings. The third-order valence-electron chi connectivity index (χ3n) is 4.32. The van der Waals surface area contributed by atoms with Crippen molar-refractivity contribution in [3.8, 4) is 5.75 Å². The quantitative estimate of drug-likeness (QED) is 0.701. The molecule has 1 N–H and O–H groups in total. The first-order valence-electron chi connectivity index (χ1n) is 8.84. The fourth-order valence-corrected chi connectivity index (χ4v) is 2.90. The van der Waals surface area contributed by atoms with Gasteiger partial charge in [0.1, 0.15) is 5.75 Å². The summed E-state index contributed by atoms with van der Waals surface area (Å²) in [6.07, 6.45) is 1.79. The van der Waals surface area contributed by atoms with E-state index >= 15 is 0 Å². The summed E-state index contributed by atoms with van der Waals surface area (Å²) in [6, 6.07) is 11.6. The van der Waals surface area contributed by atoms with Gasteiger partial charge in [-0.3, -0.25) is 4.79 Å². The lowest BCUT2D eigenvalue weighted by Crippen LogP contribution is -2.33. The van der Waals surface area contributed by atoms with E-state index in [2.05, 4.69) is 31.3 Å². The summed E-state index contributed by atoms with van der Waals surface area (Å²) in [6.45, 7) is 8.05. The summed E-state index contributed by atoms with van der Waals surface area (Å²) in [4.78, 5) is 12.8. The van der Waals surface area contributed by atoms with Gasteiger partial charge < -0.3 is 10.1 Å². The van der Waals surface area contributed by atoms with Crippen LogP contribution in [0.25, 0.3) is 0 Å². The number of para-hydroxylation sites is 1. The molecule has 0 saturated carbocycles. The first-order chi connectivity index (χ1) is 12.0. The average molecular weight is 360 g/mol. The van der Waals surface area contributed by atoms with E-state index in [0.29, 0.717) is 17.2 Å². The van der Waals surface area contributed by atoms with Gasteiger partial charge in [-0.2, -0.15) is 0 Å². The fourth-order valence-electron chi connectivity index (χ4n) is 2.78. The summed E-state index contributed by atoms with van der Waals surface area (Å²) in [5.74, 6) is 0.536. The van der Waals surface area contributed by atoms with Crippen molar-refractivity contribution in [2.45, 2.75) is 53.1 Å². The number of carbonyl (C=O) groups excluding carboxylic acids is 1. The van der Waals surface area contributed by atoms with Crippen LogP contribution in [-0.4, -0.2) is 12.0 Å². The number of ether oxygens (including phenoxy) is 1. The largest absolute Gasteiger partial charge is 0.481 e. The highest BCUT2D eigenvalue weighted by molar-refractivity contribution is 6.31. The number of anilines is 1. The molecule has 0 aliphatic carbocycles. The average Bonchev–Trinajstić information content (AvgIpc) is 2.62. The second-order valence-electron chi connectivity index (χ2n) is 6.07. The molecule has 3 nitrogen and oxygen atoms in total. The zero-order chi connectivity index (χ0) is 18.4. The Hall–Kier alpha value is -2.00. The Kier molecular flexibility index (Phi) is 6.89. The van der Waals surface area contributed by atoms with E-state index < -0.39 is 6.10 Å². The van der Waals surface area contributed by atoms with Crippen LogP contribution in [0.15, 0.2) is 36.4 Å². The Morgan fingerprint density at radius 1 is 1.12 bits per heavy atom. The second-order valence-corrected chi connectivity index (χ2v) is 6.48. The highest BCUT2D eigenvalue weighted by Gasteiger charge is 2.20. The van der Waals surface area contributed by atoms with Crippen LogP contribution in [0.3, 0.4) is 0 Å². The molecule has 0 aliphatic heterocycles. The Morgan fingerprint density at radius 2 is 1.76 bits per heavy atom. The molecule has 0 spiro atoms. The van der Waals surface area contributed by atoms with Gasteiger partial charge in [-0.1, -0.05) is 50.6 Å². The predicted molar refractivity (Wildman–Crippen MR) is 105 cm³/mol. The van der Waals surface area contributed by atoms with Crippen molar-refractivity contribution in [1.82, 2.24) is 0 Å². The number of aryl methyl sites for hydroxylation is 3. The number of benzene rings is 2. The van der Waals surface area contributed by atoms with Crippen LogP contribution in [0.2, 0.25) is 5.02 Å². The van der Waals surface area contributed by atoms with Crippen LogP contribution in [0.5, 0.6) is 5.75 Å². The molecule has 2 aromatic carbocycles. The van der Waals surface area contributed by atoms with Crippen LogP contribution in [0, 0.1) is 6.92 Å². The van der Waals surface area contributed by atoms with E-state index in [1.807, 2.05) is 26.0 Å². The van der Waals surface area contributed by atoms with Crippen LogP contribution in [0.4, 0.5) is 5.69 Å². The summed E-state index contributed by atoms with van der Waals surface area (Å²) < 4.78 is 5.91. The molecule has 25 heavy (non-hydrogen) atoms. The van der Waals surface area contributed by atoms with Crippen molar-refractivity contribution < 1.29 is 9.53 Å². The molecular formula is C21H26ClNO2. The molecule has 1 amide bonds. The van der Waals surface area contributed by atoms with Gasteiger partial charge in [0.2, 0.25) is 0 Å². The molecule has 0 bridgehead atoms. The highest BCUT2D eigenvalue weighted by atomic mass is 35.5. The van der Waals surface area contributed by atoms with Crippen molar-refractivity contribution in [3.63, 3.8) is 0 Å². The molecule has 2 rings (SSSR count). The van der Waals surface area contributed by atoms with Crippen molar-refractivity contribution in [1.29, 1.82) is 0 Å². The molecule has 0 aromatic heterocycles. The second kappa shape index (κ2) is 8.91. The lowest BCUT2D eigenvalue weighted by molar-refractivity contribution is -0.122. The summed E-state index contributed by atoms with van der Waals surface area (Å²) in [5, 5.41) is 3.78. The number of hydrogen-bond donors (Lipinski definition) is 1. The van der Waals surface area contributed by atoms with Crippen molar-refractivity contribution in [3.05, 3.63) is 58.1 Å². The topological polar surface area (TPSA) is 38.3 Å². The first-order valence-corrected chi connectivity index (χ1v) is 9.22. The van der Waals surface area contributed by atoms with Gasteiger partial charge in [0, 0.05) is 10.7 Å². The Balaban J connectivity index is 2.19. The first kappa shape index (κ1) is 19.3.